The molecule has 0 heterocycles. The Morgan fingerprint density at radius 2 is 0.606 bits per heavy atom. The molecule has 0 unspecified atom stereocenters. The number of nitrogens with one attached hydrogen (secondary N) is 2. The second kappa shape index (κ2) is 27.8. The van der Waals surface area contributed by atoms with Crippen LogP contribution < -0.4 is 9.80 Å². The molecule has 0 radical (unpaired) electrons. The van der Waals surface area contributed by atoms with Crippen molar-refractivity contribution in [3.05, 3.63) is 0 Å². The highest BCUT2D eigenvalue weighted by atomic mass is 16.5. The Balaban J connectivity index is 4.35. The first-order valence-corrected chi connectivity index (χ1v) is 12.2. The van der Waals surface area contributed by atoms with Crippen LogP contribution in [0, 0.1) is 0 Å². The first-order chi connectivity index (χ1) is 16.3. The first-order valence-electron chi connectivity index (χ1n) is 12.2. The third kappa shape index (κ3) is 24.5. The summed E-state index contributed by atoms with van der Waals surface area (Å²) in [4.78, 5) is 2.99. The van der Waals surface area contributed by atoms with E-state index in [1.165, 1.54) is 9.80 Å². The monoisotopic (exact) mass is 484 g/mol. The van der Waals surface area contributed by atoms with E-state index < -0.39 is 0 Å². The zero-order chi connectivity index (χ0) is 24.2. The van der Waals surface area contributed by atoms with Crippen LogP contribution in [0.3, 0.4) is 0 Å². The molecule has 33 heavy (non-hydrogen) atoms. The number of quaternary nitrogens is 2. The highest BCUT2D eigenvalue weighted by Crippen LogP contribution is 1.79. The molecule has 0 aromatic carbocycles. The number of ether oxygens (including phenoxy) is 8. The highest BCUT2D eigenvalue weighted by Gasteiger charge is 2.13. The topological polar surface area (TPSA) is 82.7 Å². The quantitative estimate of drug-likeness (QED) is 0.121. The third-order valence-corrected chi connectivity index (χ3v) is 5.19. The lowest BCUT2D eigenvalue weighted by Crippen LogP contribution is -3.16. The van der Waals surface area contributed by atoms with Gasteiger partial charge in [0, 0.05) is 34.9 Å². The SMILES string of the molecule is COCCOCC[NH+](CCC[NH+](CCOCCOC)CCOCCOC)CCOCCOC. The number of rotatable bonds is 28. The van der Waals surface area contributed by atoms with Crippen molar-refractivity contribution < 1.29 is 47.7 Å². The molecule has 2 N–H and O–H groups in total. The van der Waals surface area contributed by atoms with Crippen LogP contribution in [0.1, 0.15) is 6.42 Å². The van der Waals surface area contributed by atoms with Gasteiger partial charge in [0.2, 0.25) is 0 Å². The number of hydrogen-bond acceptors (Lipinski definition) is 8. The Labute approximate surface area is 201 Å². The van der Waals surface area contributed by atoms with Gasteiger partial charge in [-0.05, 0) is 0 Å². The highest BCUT2D eigenvalue weighted by molar-refractivity contribution is 4.40. The minimum atomic E-state index is 0.632. The molecule has 0 amide bonds. The molecule has 0 spiro atoms. The summed E-state index contributed by atoms with van der Waals surface area (Å²) in [6.45, 7) is 14.0. The van der Waals surface area contributed by atoms with Crippen molar-refractivity contribution in [2.45, 2.75) is 6.42 Å². The zero-order valence-corrected chi connectivity index (χ0v) is 21.7. The van der Waals surface area contributed by atoms with E-state index in [0.717, 1.165) is 72.1 Å². The predicted molar refractivity (Wildman–Crippen MR) is 127 cm³/mol. The van der Waals surface area contributed by atoms with Crippen LogP contribution in [0.4, 0.5) is 0 Å². The van der Waals surface area contributed by atoms with Crippen LogP contribution >= 0.6 is 0 Å². The van der Waals surface area contributed by atoms with Crippen molar-refractivity contribution in [2.75, 3.05) is 147 Å². The van der Waals surface area contributed by atoms with Gasteiger partial charge >= 0.3 is 0 Å². The maximum Gasteiger partial charge on any atom is 0.101 e. The second-order valence-electron chi connectivity index (χ2n) is 7.77. The molecule has 0 aromatic rings. The van der Waals surface area contributed by atoms with Gasteiger partial charge in [-0.1, -0.05) is 0 Å². The molecule has 10 nitrogen and oxygen atoms in total. The van der Waals surface area contributed by atoms with E-state index in [0.29, 0.717) is 52.9 Å². The van der Waals surface area contributed by atoms with Crippen molar-refractivity contribution in [1.29, 1.82) is 0 Å². The normalized spacial score (nSPS) is 11.8. The summed E-state index contributed by atoms with van der Waals surface area (Å²) in [6.07, 6.45) is 1.12. The average Bonchev–Trinajstić information content (AvgIpc) is 2.82. The van der Waals surface area contributed by atoms with E-state index in [1.54, 1.807) is 28.4 Å². The fourth-order valence-corrected chi connectivity index (χ4v) is 3.18. The molecule has 0 fully saturated rings. The van der Waals surface area contributed by atoms with Gasteiger partial charge in [-0.3, -0.25) is 0 Å². The van der Waals surface area contributed by atoms with Crippen molar-refractivity contribution in [1.82, 2.24) is 0 Å². The Morgan fingerprint density at radius 3 is 0.848 bits per heavy atom. The summed E-state index contributed by atoms with van der Waals surface area (Å²) in [5.41, 5.74) is 0. The van der Waals surface area contributed by atoms with Gasteiger partial charge in [0.1, 0.15) is 26.2 Å². The van der Waals surface area contributed by atoms with Crippen molar-refractivity contribution in [3.8, 4) is 0 Å². The lowest BCUT2D eigenvalue weighted by Gasteiger charge is -2.23. The summed E-state index contributed by atoms with van der Waals surface area (Å²) >= 11 is 0. The zero-order valence-electron chi connectivity index (χ0n) is 21.7. The summed E-state index contributed by atoms with van der Waals surface area (Å²) in [6, 6.07) is 0. The lowest BCUT2D eigenvalue weighted by atomic mass is 10.3. The Hall–Kier alpha value is -0.400. The molecular formula is C23H52N2O8+2. The van der Waals surface area contributed by atoms with Crippen LogP contribution in [-0.4, -0.2) is 147 Å². The number of methoxy groups -OCH3 is 4. The number of hydrogen-bond donors (Lipinski definition) is 2. The molecular weight excluding hydrogens is 432 g/mol. The Kier molecular flexibility index (Phi) is 27.5. The fourth-order valence-electron chi connectivity index (χ4n) is 3.18. The van der Waals surface area contributed by atoms with Crippen molar-refractivity contribution in [3.63, 3.8) is 0 Å². The van der Waals surface area contributed by atoms with Crippen LogP contribution in [0.5, 0.6) is 0 Å². The van der Waals surface area contributed by atoms with Gasteiger partial charge in [0.25, 0.3) is 0 Å². The lowest BCUT2D eigenvalue weighted by molar-refractivity contribution is -0.920. The molecule has 0 aliphatic heterocycles. The summed E-state index contributed by atoms with van der Waals surface area (Å²) in [5.74, 6) is 0. The fraction of sp³-hybridized carbons (Fsp3) is 1.00. The van der Waals surface area contributed by atoms with E-state index in [4.69, 9.17) is 37.9 Å². The molecule has 10 heteroatoms. The molecule has 0 atom stereocenters. The Morgan fingerprint density at radius 1 is 0.333 bits per heavy atom. The summed E-state index contributed by atoms with van der Waals surface area (Å²) < 4.78 is 42.9. The smallest absolute Gasteiger partial charge is 0.101 e. The van der Waals surface area contributed by atoms with Gasteiger partial charge in [0.15, 0.2) is 0 Å². The van der Waals surface area contributed by atoms with Crippen LogP contribution in [0.15, 0.2) is 0 Å². The maximum atomic E-state index is 5.68. The minimum Gasteiger partial charge on any atom is -0.382 e. The molecule has 0 saturated carbocycles. The van der Waals surface area contributed by atoms with Gasteiger partial charge in [-0.2, -0.15) is 0 Å². The van der Waals surface area contributed by atoms with Crippen molar-refractivity contribution >= 4 is 0 Å². The van der Waals surface area contributed by atoms with Crippen molar-refractivity contribution in [2.24, 2.45) is 0 Å². The molecule has 0 saturated heterocycles. The van der Waals surface area contributed by atoms with E-state index in [9.17, 15) is 0 Å². The minimum absolute atomic E-state index is 0.632. The van der Waals surface area contributed by atoms with Gasteiger partial charge in [-0.15, -0.1) is 0 Å². The van der Waals surface area contributed by atoms with Crippen LogP contribution in [0.2, 0.25) is 0 Å². The first kappa shape index (κ1) is 32.6. The second-order valence-corrected chi connectivity index (χ2v) is 7.77. The van der Waals surface area contributed by atoms with E-state index in [2.05, 4.69) is 0 Å². The predicted octanol–water partition coefficient (Wildman–Crippen LogP) is -2.20. The molecule has 0 rings (SSSR count). The summed E-state index contributed by atoms with van der Waals surface area (Å²) in [5, 5.41) is 0. The van der Waals surface area contributed by atoms with E-state index >= 15 is 0 Å². The van der Waals surface area contributed by atoms with Gasteiger partial charge < -0.3 is 47.7 Å². The molecule has 0 bridgehead atoms. The Bertz CT molecular complexity index is 309. The maximum absolute atomic E-state index is 5.68. The molecule has 0 aliphatic rings. The largest absolute Gasteiger partial charge is 0.382 e. The summed E-state index contributed by atoms with van der Waals surface area (Å²) in [7, 11) is 6.77. The molecule has 200 valence electrons. The van der Waals surface area contributed by atoms with Crippen LogP contribution in [-0.2, 0) is 37.9 Å². The van der Waals surface area contributed by atoms with Gasteiger partial charge in [-0.25, -0.2) is 0 Å². The standard InChI is InChI=1S/C23H50N2O8/c1-26-16-20-30-12-8-24(9-13-31-21-17-27-2)6-5-7-25(10-14-32-22-18-28-3)11-15-33-23-19-29-4/h5-23H2,1-4H3/p+2. The molecule has 0 aliphatic carbocycles. The average molecular weight is 485 g/mol. The van der Waals surface area contributed by atoms with E-state index in [1.807, 2.05) is 0 Å². The van der Waals surface area contributed by atoms with Gasteiger partial charge in [0.05, 0.1) is 92.4 Å². The third-order valence-electron chi connectivity index (χ3n) is 5.19. The van der Waals surface area contributed by atoms with E-state index in [-0.39, 0.29) is 0 Å². The molecule has 0 aromatic heterocycles. The van der Waals surface area contributed by atoms with Crippen LogP contribution in [0.25, 0.3) is 0 Å².